The Morgan fingerprint density at radius 3 is 2.08 bits per heavy atom. The van der Waals surface area contributed by atoms with Crippen molar-refractivity contribution in [2.75, 3.05) is 4.90 Å². The minimum absolute atomic E-state index is 0.0218. The van der Waals surface area contributed by atoms with Crippen LogP contribution in [0.25, 0.3) is 0 Å². The predicted molar refractivity (Wildman–Crippen MR) is 83.7 cm³/mol. The van der Waals surface area contributed by atoms with Gasteiger partial charge in [0.1, 0.15) is 0 Å². The second-order valence-electron chi connectivity index (χ2n) is 7.40. The van der Waals surface area contributed by atoms with Crippen molar-refractivity contribution >= 4 is 29.1 Å². The van der Waals surface area contributed by atoms with E-state index in [4.69, 9.17) is 11.6 Å². The molecule has 1 aliphatic heterocycles. The summed E-state index contributed by atoms with van der Waals surface area (Å²) >= 11 is 6.04. The molecule has 2 bridgehead atoms. The van der Waals surface area contributed by atoms with Crippen LogP contribution in [0.3, 0.4) is 0 Å². The summed E-state index contributed by atoms with van der Waals surface area (Å²) in [5, 5.41) is -0.0314. The van der Waals surface area contributed by atoms with Gasteiger partial charge in [-0.25, -0.2) is 4.90 Å². The Balaban J connectivity index is 1.58. The average Bonchev–Trinajstić information content (AvgIpc) is 3.13. The molecule has 4 aliphatic rings. The zero-order valence-electron chi connectivity index (χ0n) is 12.9. The maximum absolute atomic E-state index is 13.0. The number of carbonyl (C=O) groups excluding carboxylic acids is 2. The van der Waals surface area contributed by atoms with E-state index >= 15 is 0 Å². The van der Waals surface area contributed by atoms with Crippen LogP contribution in [0.5, 0.6) is 0 Å². The van der Waals surface area contributed by atoms with Gasteiger partial charge in [0, 0.05) is 0 Å². The molecule has 0 unspecified atom stereocenters. The fraction of sp³-hybridized carbons (Fsp3) is 0.444. The molecular weight excluding hydrogens is 355 g/mol. The standard InChI is InChI=1S/C18H13ClF3NO2/c19-11-4-1-8(18(20,21)22)7-12(11)23-15(24)13-9-2-3-10(14(13)16(23)25)17(9)5-6-17/h1-4,7,9-10,13-14H,5-6H2/t9-,10+,13-,14+. The minimum atomic E-state index is -4.57. The zero-order chi connectivity index (χ0) is 17.7. The third-order valence-electron chi connectivity index (χ3n) is 6.37. The molecule has 1 aromatic rings. The highest BCUT2D eigenvalue weighted by Gasteiger charge is 2.73. The van der Waals surface area contributed by atoms with E-state index in [0.29, 0.717) is 0 Å². The van der Waals surface area contributed by atoms with Gasteiger partial charge in [0.25, 0.3) is 0 Å². The highest BCUT2D eigenvalue weighted by atomic mass is 35.5. The number of carbonyl (C=O) groups is 2. The normalized spacial score (nSPS) is 34.3. The molecule has 7 heteroatoms. The van der Waals surface area contributed by atoms with Gasteiger partial charge in [-0.15, -0.1) is 0 Å². The van der Waals surface area contributed by atoms with Crippen molar-refractivity contribution in [2.24, 2.45) is 29.1 Å². The molecule has 5 rings (SSSR count). The van der Waals surface area contributed by atoms with Crippen LogP contribution in [-0.4, -0.2) is 11.8 Å². The molecule has 1 aromatic carbocycles. The Morgan fingerprint density at radius 1 is 1.04 bits per heavy atom. The van der Waals surface area contributed by atoms with Gasteiger partial charge in [-0.3, -0.25) is 9.59 Å². The SMILES string of the molecule is O=C1[C@@H]2[C@H](C(=O)N1c1cc(C(F)(F)F)ccc1Cl)[C@H]1C=C[C@@H]2C12CC2. The van der Waals surface area contributed by atoms with E-state index in [-0.39, 0.29) is 28.0 Å². The van der Waals surface area contributed by atoms with Crippen molar-refractivity contribution in [1.82, 2.24) is 0 Å². The maximum Gasteiger partial charge on any atom is 0.416 e. The third-order valence-corrected chi connectivity index (χ3v) is 6.69. The number of hydrogen-bond acceptors (Lipinski definition) is 2. The molecule has 3 fully saturated rings. The second kappa shape index (κ2) is 4.47. The molecule has 3 nitrogen and oxygen atoms in total. The number of imide groups is 1. The Bertz CT molecular complexity index is 824. The Hall–Kier alpha value is -1.82. The fourth-order valence-corrected chi connectivity index (χ4v) is 5.38. The summed E-state index contributed by atoms with van der Waals surface area (Å²) in [4.78, 5) is 26.8. The molecule has 0 aromatic heterocycles. The number of nitrogens with zero attached hydrogens (tertiary/aromatic N) is 1. The van der Waals surface area contributed by atoms with E-state index in [9.17, 15) is 22.8 Å². The molecule has 3 aliphatic carbocycles. The predicted octanol–water partition coefficient (Wildman–Crippen LogP) is 4.06. The number of anilines is 1. The van der Waals surface area contributed by atoms with Crippen molar-refractivity contribution in [2.45, 2.75) is 19.0 Å². The van der Waals surface area contributed by atoms with E-state index in [2.05, 4.69) is 0 Å². The second-order valence-corrected chi connectivity index (χ2v) is 7.80. The van der Waals surface area contributed by atoms with Gasteiger partial charge in [0.05, 0.1) is 28.1 Å². The number of alkyl halides is 3. The minimum Gasteiger partial charge on any atom is -0.274 e. The molecule has 130 valence electrons. The van der Waals surface area contributed by atoms with Crippen LogP contribution in [0.1, 0.15) is 18.4 Å². The highest BCUT2D eigenvalue weighted by molar-refractivity contribution is 6.36. The highest BCUT2D eigenvalue weighted by Crippen LogP contribution is 2.73. The topological polar surface area (TPSA) is 37.4 Å². The van der Waals surface area contributed by atoms with Crippen LogP contribution >= 0.6 is 11.6 Å². The first-order valence-electron chi connectivity index (χ1n) is 8.18. The van der Waals surface area contributed by atoms with Crippen LogP contribution < -0.4 is 4.90 Å². The molecule has 1 spiro atoms. The van der Waals surface area contributed by atoms with Gasteiger partial charge in [0.15, 0.2) is 0 Å². The summed E-state index contributed by atoms with van der Waals surface area (Å²) in [5.74, 6) is -1.72. The molecule has 1 heterocycles. The molecule has 1 saturated heterocycles. The number of halogens is 4. The summed E-state index contributed by atoms with van der Waals surface area (Å²) in [6.45, 7) is 0. The monoisotopic (exact) mass is 367 g/mol. The van der Waals surface area contributed by atoms with Crippen molar-refractivity contribution < 1.29 is 22.8 Å². The maximum atomic E-state index is 13.0. The Morgan fingerprint density at radius 2 is 1.60 bits per heavy atom. The molecule has 4 atom stereocenters. The van der Waals surface area contributed by atoms with E-state index in [1.165, 1.54) is 0 Å². The molecule has 2 saturated carbocycles. The first-order valence-corrected chi connectivity index (χ1v) is 8.56. The van der Waals surface area contributed by atoms with Crippen molar-refractivity contribution in [3.8, 4) is 0 Å². The van der Waals surface area contributed by atoms with Crippen molar-refractivity contribution in [1.29, 1.82) is 0 Å². The van der Waals surface area contributed by atoms with Gasteiger partial charge in [0.2, 0.25) is 11.8 Å². The quantitative estimate of drug-likeness (QED) is 0.554. The fourth-order valence-electron chi connectivity index (χ4n) is 5.18. The smallest absolute Gasteiger partial charge is 0.274 e. The van der Waals surface area contributed by atoms with E-state index in [1.807, 2.05) is 12.2 Å². The first kappa shape index (κ1) is 15.4. The Labute approximate surface area is 146 Å². The first-order chi connectivity index (χ1) is 11.8. The molecule has 25 heavy (non-hydrogen) atoms. The van der Waals surface area contributed by atoms with E-state index in [0.717, 1.165) is 35.9 Å². The lowest BCUT2D eigenvalue weighted by molar-refractivity contribution is -0.137. The van der Waals surface area contributed by atoms with Crippen LogP contribution in [0.2, 0.25) is 5.02 Å². The number of allylic oxidation sites excluding steroid dienone is 2. The van der Waals surface area contributed by atoms with Gasteiger partial charge >= 0.3 is 6.18 Å². The van der Waals surface area contributed by atoms with Crippen LogP contribution in [0.4, 0.5) is 18.9 Å². The molecule has 0 N–H and O–H groups in total. The summed E-state index contributed by atoms with van der Waals surface area (Å²) in [6.07, 6.45) is 1.47. The van der Waals surface area contributed by atoms with Crippen molar-refractivity contribution in [3.05, 3.63) is 40.9 Å². The van der Waals surface area contributed by atoms with Gasteiger partial charge in [-0.1, -0.05) is 23.8 Å². The lowest BCUT2D eigenvalue weighted by atomic mass is 9.85. The van der Waals surface area contributed by atoms with E-state index in [1.54, 1.807) is 0 Å². The lowest BCUT2D eigenvalue weighted by Gasteiger charge is -2.23. The number of benzene rings is 1. The average molecular weight is 368 g/mol. The summed E-state index contributed by atoms with van der Waals surface area (Å²) in [5.41, 5.74) is -1.04. The molecule has 2 amide bonds. The molecular formula is C18H13ClF3NO2. The van der Waals surface area contributed by atoms with Gasteiger partial charge in [-0.05, 0) is 48.3 Å². The summed E-state index contributed by atoms with van der Waals surface area (Å²) < 4.78 is 39.0. The van der Waals surface area contributed by atoms with Crippen LogP contribution in [-0.2, 0) is 15.8 Å². The summed E-state index contributed by atoms with van der Waals surface area (Å²) in [7, 11) is 0. The van der Waals surface area contributed by atoms with Gasteiger partial charge in [-0.2, -0.15) is 13.2 Å². The van der Waals surface area contributed by atoms with Gasteiger partial charge < -0.3 is 0 Å². The number of rotatable bonds is 1. The lowest BCUT2D eigenvalue weighted by Crippen LogP contribution is -2.35. The number of hydrogen-bond donors (Lipinski definition) is 0. The summed E-state index contributed by atoms with van der Waals surface area (Å²) in [6, 6.07) is 2.73. The van der Waals surface area contributed by atoms with Crippen LogP contribution in [0, 0.1) is 29.1 Å². The third kappa shape index (κ3) is 1.78. The van der Waals surface area contributed by atoms with Crippen molar-refractivity contribution in [3.63, 3.8) is 0 Å². The Kier molecular flexibility index (Phi) is 2.76. The largest absolute Gasteiger partial charge is 0.416 e. The number of amides is 2. The molecule has 0 radical (unpaired) electrons. The number of fused-ring (bicyclic) bond motifs is 3. The van der Waals surface area contributed by atoms with Crippen LogP contribution in [0.15, 0.2) is 30.4 Å². The van der Waals surface area contributed by atoms with E-state index < -0.39 is 35.4 Å². The zero-order valence-corrected chi connectivity index (χ0v) is 13.6.